The van der Waals surface area contributed by atoms with Gasteiger partial charge in [0.1, 0.15) is 7.28 Å². The highest BCUT2D eigenvalue weighted by atomic mass is 127. The summed E-state index contributed by atoms with van der Waals surface area (Å²) in [6.45, 7) is 2.52. The quantitative estimate of drug-likeness (QED) is 0.361. The lowest BCUT2D eigenvalue weighted by molar-refractivity contribution is 0.455. The van der Waals surface area contributed by atoms with Gasteiger partial charge in [-0.05, 0) is 16.2 Å². The maximum absolute atomic E-state index is 2.76. The molecule has 0 aromatic carbocycles. The van der Waals surface area contributed by atoms with Crippen LogP contribution in [0.15, 0.2) is 0 Å². The first-order valence-corrected chi connectivity index (χ1v) is 6.39. The Bertz CT molecular complexity index is 165. The lowest BCUT2D eigenvalue weighted by Gasteiger charge is -2.40. The highest BCUT2D eigenvalue weighted by molar-refractivity contribution is 14.1. The van der Waals surface area contributed by atoms with Crippen LogP contribution in [0.2, 0.25) is 5.31 Å². The number of alkyl halides is 1. The summed E-state index contributed by atoms with van der Waals surface area (Å²) in [7, 11) is 1.50. The molecular formula is C10H18BI. The molecule has 0 spiro atoms. The van der Waals surface area contributed by atoms with E-state index in [9.17, 15) is 0 Å². The van der Waals surface area contributed by atoms with E-state index in [1.807, 2.05) is 0 Å². The Kier molecular flexibility index (Phi) is 2.48. The maximum atomic E-state index is 2.76. The Morgan fingerprint density at radius 3 is 2.42 bits per heavy atom. The zero-order chi connectivity index (χ0) is 8.66. The standard InChI is InChI=1S/C10H18BI/c1-9-5-2-3-7-10(12,11-9)8-4-6-9/h11H,2-8H2,1H3. The van der Waals surface area contributed by atoms with Gasteiger partial charge in [-0.3, -0.25) is 0 Å². The molecule has 0 saturated carbocycles. The van der Waals surface area contributed by atoms with E-state index in [-0.39, 0.29) is 0 Å². The van der Waals surface area contributed by atoms with Crippen LogP contribution in [-0.2, 0) is 0 Å². The van der Waals surface area contributed by atoms with Crippen LogP contribution in [0.5, 0.6) is 0 Å². The van der Waals surface area contributed by atoms with Crippen molar-refractivity contribution in [3.05, 3.63) is 0 Å². The zero-order valence-electron chi connectivity index (χ0n) is 8.03. The molecule has 2 saturated heterocycles. The van der Waals surface area contributed by atoms with Gasteiger partial charge in [0.2, 0.25) is 0 Å². The van der Waals surface area contributed by atoms with E-state index in [0.29, 0.717) is 3.32 Å². The molecule has 0 N–H and O–H groups in total. The molecule has 2 bridgehead atoms. The lowest BCUT2D eigenvalue weighted by atomic mass is 9.40. The Morgan fingerprint density at radius 1 is 1.00 bits per heavy atom. The molecule has 0 amide bonds. The van der Waals surface area contributed by atoms with Crippen molar-refractivity contribution in [1.29, 1.82) is 0 Å². The number of halogens is 1. The van der Waals surface area contributed by atoms with Gasteiger partial charge in [-0.15, -0.1) is 0 Å². The van der Waals surface area contributed by atoms with Crippen LogP contribution in [-0.4, -0.2) is 10.6 Å². The van der Waals surface area contributed by atoms with Gasteiger partial charge in [0.05, 0.1) is 0 Å². The normalized spacial score (nSPS) is 47.8. The van der Waals surface area contributed by atoms with E-state index < -0.39 is 0 Å². The van der Waals surface area contributed by atoms with Gasteiger partial charge in [0.25, 0.3) is 0 Å². The number of fused-ring (bicyclic) bond motifs is 2. The van der Waals surface area contributed by atoms with E-state index >= 15 is 0 Å². The van der Waals surface area contributed by atoms with E-state index in [2.05, 4.69) is 29.5 Å². The fourth-order valence-corrected chi connectivity index (χ4v) is 4.88. The highest BCUT2D eigenvalue weighted by Crippen LogP contribution is 2.51. The minimum Gasteiger partial charge on any atom is -0.0883 e. The van der Waals surface area contributed by atoms with Gasteiger partial charge in [0.15, 0.2) is 0 Å². The van der Waals surface area contributed by atoms with E-state index in [1.165, 1.54) is 52.2 Å². The third kappa shape index (κ3) is 1.83. The monoisotopic (exact) mass is 276 g/mol. The van der Waals surface area contributed by atoms with Gasteiger partial charge >= 0.3 is 0 Å². The fourth-order valence-electron chi connectivity index (χ4n) is 3.19. The molecule has 0 nitrogen and oxygen atoms in total. The largest absolute Gasteiger partial charge is 0.147 e. The van der Waals surface area contributed by atoms with Gasteiger partial charge in [-0.2, -0.15) is 0 Å². The van der Waals surface area contributed by atoms with Gasteiger partial charge in [-0.1, -0.05) is 66.9 Å². The summed E-state index contributed by atoms with van der Waals surface area (Å²) in [5, 5.41) is 0.718. The molecule has 2 fully saturated rings. The van der Waals surface area contributed by atoms with E-state index in [1.54, 1.807) is 0 Å². The summed E-state index contributed by atoms with van der Waals surface area (Å²) in [5.74, 6) is 0. The van der Waals surface area contributed by atoms with Crippen molar-refractivity contribution in [3.63, 3.8) is 0 Å². The summed E-state index contributed by atoms with van der Waals surface area (Å²) in [4.78, 5) is 0. The second-order valence-electron chi connectivity index (χ2n) is 5.20. The number of hydrogen-bond donors (Lipinski definition) is 0. The summed E-state index contributed by atoms with van der Waals surface area (Å²) >= 11 is 2.76. The molecule has 0 aromatic heterocycles. The first-order chi connectivity index (χ1) is 5.62. The third-order valence-corrected chi connectivity index (χ3v) is 5.26. The van der Waals surface area contributed by atoms with Crippen LogP contribution in [0.25, 0.3) is 0 Å². The molecule has 2 aliphatic rings. The van der Waals surface area contributed by atoms with Crippen LogP contribution < -0.4 is 0 Å². The number of hydrogen-bond acceptors (Lipinski definition) is 0. The number of rotatable bonds is 0. The molecule has 2 unspecified atom stereocenters. The Hall–Kier alpha value is 0.795. The average Bonchev–Trinajstić information content (AvgIpc) is 2.06. The highest BCUT2D eigenvalue weighted by Gasteiger charge is 2.42. The van der Waals surface area contributed by atoms with Crippen molar-refractivity contribution in [2.45, 2.75) is 60.5 Å². The van der Waals surface area contributed by atoms with Crippen molar-refractivity contribution in [3.8, 4) is 0 Å². The van der Waals surface area contributed by atoms with Crippen LogP contribution in [0.1, 0.15) is 51.9 Å². The lowest BCUT2D eigenvalue weighted by Crippen LogP contribution is -2.39. The first-order valence-electron chi connectivity index (χ1n) is 5.31. The van der Waals surface area contributed by atoms with E-state index in [0.717, 1.165) is 5.31 Å². The molecule has 2 aliphatic heterocycles. The maximum Gasteiger partial charge on any atom is 0.147 e. The first kappa shape index (κ1) is 9.35. The summed E-state index contributed by atoms with van der Waals surface area (Å²) in [6.07, 6.45) is 10.4. The molecule has 68 valence electrons. The SMILES string of the molecule is CC12BC(I)(CCCC1)CCC2. The van der Waals surface area contributed by atoms with Crippen molar-refractivity contribution in [1.82, 2.24) is 0 Å². The third-order valence-electron chi connectivity index (χ3n) is 3.80. The average molecular weight is 276 g/mol. The minimum absolute atomic E-state index is 0.696. The minimum atomic E-state index is 0.696. The molecule has 2 rings (SSSR count). The molecule has 0 radical (unpaired) electrons. The predicted octanol–water partition coefficient (Wildman–Crippen LogP) is 3.49. The molecule has 12 heavy (non-hydrogen) atoms. The summed E-state index contributed by atoms with van der Waals surface area (Å²) < 4.78 is 0.696. The smallest absolute Gasteiger partial charge is 0.0883 e. The summed E-state index contributed by atoms with van der Waals surface area (Å²) in [6, 6.07) is 0. The van der Waals surface area contributed by atoms with Crippen molar-refractivity contribution in [2.24, 2.45) is 0 Å². The predicted molar refractivity (Wildman–Crippen MR) is 64.6 cm³/mol. The van der Waals surface area contributed by atoms with Crippen LogP contribution in [0.3, 0.4) is 0 Å². The molecular weight excluding hydrogens is 258 g/mol. The molecule has 0 aliphatic carbocycles. The molecule has 2 atom stereocenters. The topological polar surface area (TPSA) is 0 Å². The second-order valence-corrected chi connectivity index (χ2v) is 7.49. The Morgan fingerprint density at radius 2 is 1.58 bits per heavy atom. The van der Waals surface area contributed by atoms with Gasteiger partial charge in [0, 0.05) is 0 Å². The molecule has 2 heteroatoms. The van der Waals surface area contributed by atoms with Crippen molar-refractivity contribution < 1.29 is 0 Å². The van der Waals surface area contributed by atoms with Crippen molar-refractivity contribution >= 4 is 29.9 Å². The van der Waals surface area contributed by atoms with Gasteiger partial charge < -0.3 is 0 Å². The molecule has 0 aromatic rings. The zero-order valence-corrected chi connectivity index (χ0v) is 10.2. The van der Waals surface area contributed by atoms with Gasteiger partial charge in [-0.25, -0.2) is 0 Å². The molecule has 2 heterocycles. The Labute approximate surface area is 90.3 Å². The second kappa shape index (κ2) is 3.18. The van der Waals surface area contributed by atoms with Crippen LogP contribution in [0.4, 0.5) is 0 Å². The summed E-state index contributed by atoms with van der Waals surface area (Å²) in [5.41, 5.74) is 0. The van der Waals surface area contributed by atoms with Crippen LogP contribution in [0, 0.1) is 0 Å². The van der Waals surface area contributed by atoms with Crippen LogP contribution >= 0.6 is 22.6 Å². The fraction of sp³-hybridized carbons (Fsp3) is 1.00. The van der Waals surface area contributed by atoms with E-state index in [4.69, 9.17) is 0 Å². The Balaban J connectivity index is 2.17. The van der Waals surface area contributed by atoms with Crippen molar-refractivity contribution in [2.75, 3.05) is 0 Å².